The van der Waals surface area contributed by atoms with Crippen molar-refractivity contribution in [3.05, 3.63) is 41.8 Å². The summed E-state index contributed by atoms with van der Waals surface area (Å²) in [4.78, 5) is 8.29. The quantitative estimate of drug-likeness (QED) is 0.617. The smallest absolute Gasteiger partial charge is 0.390 e. The number of oxazole rings is 1. The number of rotatable bonds is 6. The molecule has 25 heavy (non-hydrogen) atoms. The Hall–Kier alpha value is -2.51. The van der Waals surface area contributed by atoms with E-state index in [1.807, 2.05) is 31.2 Å². The molecule has 0 radical (unpaired) electrons. The molecule has 0 saturated heterocycles. The third-order valence-corrected chi connectivity index (χ3v) is 3.45. The van der Waals surface area contributed by atoms with Crippen LogP contribution in [0.15, 0.2) is 39.9 Å². The normalized spacial score (nSPS) is 12.3. The zero-order valence-corrected chi connectivity index (χ0v) is 14.2. The maximum atomic E-state index is 12.1. The Labute approximate surface area is 144 Å². The summed E-state index contributed by atoms with van der Waals surface area (Å²) in [5.74, 6) is 0.870. The van der Waals surface area contributed by atoms with Crippen LogP contribution in [0.4, 0.5) is 13.2 Å². The van der Waals surface area contributed by atoms with Crippen LogP contribution < -0.4 is 10.6 Å². The van der Waals surface area contributed by atoms with Crippen molar-refractivity contribution in [2.24, 2.45) is 4.99 Å². The van der Waals surface area contributed by atoms with E-state index in [4.69, 9.17) is 4.42 Å². The average molecular weight is 354 g/mol. The highest BCUT2D eigenvalue weighted by Crippen LogP contribution is 2.19. The Morgan fingerprint density at radius 3 is 2.48 bits per heavy atom. The van der Waals surface area contributed by atoms with Crippen molar-refractivity contribution in [2.45, 2.75) is 25.9 Å². The summed E-state index contributed by atoms with van der Waals surface area (Å²) in [5, 5.41) is 5.57. The summed E-state index contributed by atoms with van der Waals surface area (Å²) in [6.45, 7) is 2.27. The summed E-state index contributed by atoms with van der Waals surface area (Å²) in [6, 6.07) is 7.85. The van der Waals surface area contributed by atoms with E-state index in [1.165, 1.54) is 7.05 Å². The number of hydrogen-bond donors (Lipinski definition) is 2. The second kappa shape index (κ2) is 8.55. The zero-order chi connectivity index (χ0) is 18.3. The van der Waals surface area contributed by atoms with Crippen molar-refractivity contribution < 1.29 is 17.6 Å². The molecule has 2 rings (SSSR count). The SMILES string of the molecule is CN=C(NCCc1coc(-c2ccc(C)cc2)n1)NCCC(F)(F)F. The molecule has 0 amide bonds. The van der Waals surface area contributed by atoms with Gasteiger partial charge in [0.2, 0.25) is 5.89 Å². The molecule has 1 aromatic heterocycles. The molecule has 0 aliphatic rings. The minimum atomic E-state index is -4.18. The molecule has 0 fully saturated rings. The summed E-state index contributed by atoms with van der Waals surface area (Å²) >= 11 is 0. The predicted molar refractivity (Wildman–Crippen MR) is 90.4 cm³/mol. The van der Waals surface area contributed by atoms with Gasteiger partial charge in [0.15, 0.2) is 5.96 Å². The molecule has 0 bridgehead atoms. The molecule has 0 spiro atoms. The van der Waals surface area contributed by atoms with Crippen LogP contribution in [0.1, 0.15) is 17.7 Å². The fraction of sp³-hybridized carbons (Fsp3) is 0.412. The van der Waals surface area contributed by atoms with Crippen molar-refractivity contribution in [2.75, 3.05) is 20.1 Å². The second-order valence-corrected chi connectivity index (χ2v) is 5.55. The van der Waals surface area contributed by atoms with Crippen LogP contribution in [0.2, 0.25) is 0 Å². The Morgan fingerprint density at radius 2 is 1.84 bits per heavy atom. The standard InChI is InChI=1S/C17H21F3N4O/c1-12-3-5-13(6-4-12)15-24-14(11-25-15)7-9-22-16(21-2)23-10-8-17(18,19)20/h3-6,11H,7-10H2,1-2H3,(H2,21,22,23). The number of benzene rings is 1. The molecule has 0 aliphatic carbocycles. The Balaban J connectivity index is 1.78. The van der Waals surface area contributed by atoms with Gasteiger partial charge in [-0.15, -0.1) is 0 Å². The molecule has 5 nitrogen and oxygen atoms in total. The third kappa shape index (κ3) is 6.48. The minimum Gasteiger partial charge on any atom is -0.444 e. The Kier molecular flexibility index (Phi) is 6.44. The monoisotopic (exact) mass is 354 g/mol. The molecule has 1 heterocycles. The van der Waals surface area contributed by atoms with E-state index in [1.54, 1.807) is 6.26 Å². The number of halogens is 3. The maximum Gasteiger partial charge on any atom is 0.390 e. The summed E-state index contributed by atoms with van der Waals surface area (Å²) < 4.78 is 41.9. The molecular formula is C17H21F3N4O. The van der Waals surface area contributed by atoms with Crippen molar-refractivity contribution in [1.29, 1.82) is 0 Å². The lowest BCUT2D eigenvalue weighted by Gasteiger charge is -2.12. The average Bonchev–Trinajstić information content (AvgIpc) is 3.02. The molecular weight excluding hydrogens is 333 g/mol. The first kappa shape index (κ1) is 18.8. The molecule has 1 aromatic carbocycles. The molecule has 136 valence electrons. The van der Waals surface area contributed by atoms with E-state index >= 15 is 0 Å². The van der Waals surface area contributed by atoms with Crippen molar-refractivity contribution in [3.8, 4) is 11.5 Å². The number of alkyl halides is 3. The first-order chi connectivity index (χ1) is 11.9. The predicted octanol–water partition coefficient (Wildman–Crippen LogP) is 3.31. The van der Waals surface area contributed by atoms with Gasteiger partial charge in [-0.2, -0.15) is 13.2 Å². The van der Waals surface area contributed by atoms with E-state index in [0.29, 0.717) is 24.8 Å². The first-order valence-corrected chi connectivity index (χ1v) is 7.90. The summed E-state index contributed by atoms with van der Waals surface area (Å²) in [6.07, 6.45) is -2.94. The highest BCUT2D eigenvalue weighted by Gasteiger charge is 2.26. The van der Waals surface area contributed by atoms with Gasteiger partial charge in [0.1, 0.15) is 6.26 Å². The second-order valence-electron chi connectivity index (χ2n) is 5.55. The number of aryl methyl sites for hydroxylation is 1. The number of aliphatic imine (C=N–C) groups is 1. The van der Waals surface area contributed by atoms with Crippen LogP contribution in [0, 0.1) is 6.92 Å². The van der Waals surface area contributed by atoms with Crippen molar-refractivity contribution in [3.63, 3.8) is 0 Å². The van der Waals surface area contributed by atoms with Gasteiger partial charge < -0.3 is 15.1 Å². The van der Waals surface area contributed by atoms with Crippen LogP contribution in [-0.4, -0.2) is 37.3 Å². The van der Waals surface area contributed by atoms with E-state index in [2.05, 4.69) is 20.6 Å². The highest BCUT2D eigenvalue weighted by molar-refractivity contribution is 5.79. The van der Waals surface area contributed by atoms with E-state index in [-0.39, 0.29) is 6.54 Å². The van der Waals surface area contributed by atoms with Crippen LogP contribution >= 0.6 is 0 Å². The van der Waals surface area contributed by atoms with Gasteiger partial charge >= 0.3 is 6.18 Å². The van der Waals surface area contributed by atoms with Crippen LogP contribution in [0.25, 0.3) is 11.5 Å². The van der Waals surface area contributed by atoms with E-state index in [0.717, 1.165) is 16.8 Å². The van der Waals surface area contributed by atoms with E-state index in [9.17, 15) is 13.2 Å². The molecule has 2 aromatic rings. The van der Waals surface area contributed by atoms with Gasteiger partial charge in [-0.1, -0.05) is 17.7 Å². The lowest BCUT2D eigenvalue weighted by Crippen LogP contribution is -2.39. The molecule has 0 aliphatic heterocycles. The lowest BCUT2D eigenvalue weighted by atomic mass is 10.1. The number of nitrogens with zero attached hydrogens (tertiary/aromatic N) is 2. The zero-order valence-electron chi connectivity index (χ0n) is 14.2. The van der Waals surface area contributed by atoms with Crippen molar-refractivity contribution >= 4 is 5.96 Å². The van der Waals surface area contributed by atoms with Crippen LogP contribution in [0.3, 0.4) is 0 Å². The lowest BCUT2D eigenvalue weighted by molar-refractivity contribution is -0.132. The Morgan fingerprint density at radius 1 is 1.16 bits per heavy atom. The number of nitrogens with one attached hydrogen (secondary N) is 2. The molecule has 0 saturated carbocycles. The number of hydrogen-bond acceptors (Lipinski definition) is 3. The van der Waals surface area contributed by atoms with Crippen LogP contribution in [0.5, 0.6) is 0 Å². The molecule has 2 N–H and O–H groups in total. The third-order valence-electron chi connectivity index (χ3n) is 3.45. The van der Waals surface area contributed by atoms with Gasteiger partial charge in [0, 0.05) is 32.1 Å². The van der Waals surface area contributed by atoms with Gasteiger partial charge in [-0.05, 0) is 19.1 Å². The summed E-state index contributed by atoms with van der Waals surface area (Å²) in [7, 11) is 1.51. The Bertz CT molecular complexity index is 693. The number of guanidine groups is 1. The highest BCUT2D eigenvalue weighted by atomic mass is 19.4. The van der Waals surface area contributed by atoms with Crippen molar-refractivity contribution in [1.82, 2.24) is 15.6 Å². The maximum absolute atomic E-state index is 12.1. The van der Waals surface area contributed by atoms with Gasteiger partial charge in [0.05, 0.1) is 12.1 Å². The van der Waals surface area contributed by atoms with Crippen LogP contribution in [-0.2, 0) is 6.42 Å². The van der Waals surface area contributed by atoms with Gasteiger partial charge in [0.25, 0.3) is 0 Å². The van der Waals surface area contributed by atoms with Gasteiger partial charge in [-0.25, -0.2) is 4.98 Å². The largest absolute Gasteiger partial charge is 0.444 e. The molecule has 0 atom stereocenters. The van der Waals surface area contributed by atoms with E-state index < -0.39 is 12.6 Å². The summed E-state index contributed by atoms with van der Waals surface area (Å²) in [5.41, 5.74) is 2.81. The fourth-order valence-electron chi connectivity index (χ4n) is 2.10. The van der Waals surface area contributed by atoms with Gasteiger partial charge in [-0.3, -0.25) is 4.99 Å². The molecule has 0 unspecified atom stereocenters. The number of aromatic nitrogens is 1. The first-order valence-electron chi connectivity index (χ1n) is 7.90. The minimum absolute atomic E-state index is 0.218. The topological polar surface area (TPSA) is 62.5 Å². The molecule has 8 heteroatoms. The fourth-order valence-corrected chi connectivity index (χ4v) is 2.10.